The number of pyridine rings is 1. The van der Waals surface area contributed by atoms with E-state index in [4.69, 9.17) is 5.84 Å². The van der Waals surface area contributed by atoms with Crippen molar-refractivity contribution in [3.05, 3.63) is 46.2 Å². The summed E-state index contributed by atoms with van der Waals surface area (Å²) in [5, 5.41) is 1.05. The van der Waals surface area contributed by atoms with Gasteiger partial charge in [-0.25, -0.2) is 4.68 Å². The number of nitrogen functional groups attached to an aromatic ring is 1. The molecule has 0 fully saturated rings. The minimum Gasteiger partial charge on any atom is -0.336 e. The molecule has 2 rings (SSSR count). The van der Waals surface area contributed by atoms with Gasteiger partial charge >= 0.3 is 0 Å². The number of fused-ring (bicyclic) bond motifs is 1. The van der Waals surface area contributed by atoms with Crippen LogP contribution in [0.15, 0.2) is 35.1 Å². The first-order chi connectivity index (χ1) is 6.74. The zero-order valence-electron chi connectivity index (χ0n) is 8.03. The predicted molar refractivity (Wildman–Crippen MR) is 57.7 cm³/mol. The van der Waals surface area contributed by atoms with Crippen molar-refractivity contribution in [2.45, 2.75) is 13.3 Å². The Bertz CT molecular complexity index is 528. The van der Waals surface area contributed by atoms with Gasteiger partial charge in [-0.2, -0.15) is 0 Å². The van der Waals surface area contributed by atoms with Crippen molar-refractivity contribution in [3.63, 3.8) is 0 Å². The molecule has 0 radical (unpaired) electrons. The fourth-order valence-corrected chi connectivity index (χ4v) is 1.66. The van der Waals surface area contributed by atoms with E-state index in [9.17, 15) is 4.79 Å². The quantitative estimate of drug-likeness (QED) is 0.685. The highest BCUT2D eigenvalue weighted by atomic mass is 16.1. The molecule has 0 spiro atoms. The second-order valence-corrected chi connectivity index (χ2v) is 3.25. The molecule has 3 heteroatoms. The highest BCUT2D eigenvalue weighted by molar-refractivity contribution is 5.82. The van der Waals surface area contributed by atoms with Crippen LogP contribution < -0.4 is 11.4 Å². The second-order valence-electron chi connectivity index (χ2n) is 3.25. The Labute approximate surface area is 81.7 Å². The molecular formula is C11H12N2O. The van der Waals surface area contributed by atoms with E-state index in [1.54, 1.807) is 6.07 Å². The number of benzene rings is 1. The third-order valence-corrected chi connectivity index (χ3v) is 2.43. The van der Waals surface area contributed by atoms with Gasteiger partial charge in [0.05, 0.1) is 5.52 Å². The average Bonchev–Trinajstić information content (AvgIpc) is 2.23. The monoisotopic (exact) mass is 188 g/mol. The maximum atomic E-state index is 11.5. The fourth-order valence-electron chi connectivity index (χ4n) is 1.66. The molecule has 0 saturated heterocycles. The summed E-state index contributed by atoms with van der Waals surface area (Å²) < 4.78 is 1.19. The highest BCUT2D eigenvalue weighted by Gasteiger charge is 2.03. The van der Waals surface area contributed by atoms with E-state index in [2.05, 4.69) is 0 Å². The van der Waals surface area contributed by atoms with E-state index in [-0.39, 0.29) is 5.56 Å². The van der Waals surface area contributed by atoms with E-state index in [1.165, 1.54) is 4.68 Å². The summed E-state index contributed by atoms with van der Waals surface area (Å²) >= 11 is 0. The zero-order chi connectivity index (χ0) is 10.1. The fraction of sp³-hybridized carbons (Fsp3) is 0.182. The third kappa shape index (κ3) is 1.18. The van der Waals surface area contributed by atoms with Crippen LogP contribution in [0.2, 0.25) is 0 Å². The molecular weight excluding hydrogens is 176 g/mol. The third-order valence-electron chi connectivity index (χ3n) is 2.43. The molecule has 0 bridgehead atoms. The topological polar surface area (TPSA) is 48.0 Å². The van der Waals surface area contributed by atoms with Crippen molar-refractivity contribution < 1.29 is 0 Å². The Kier molecular flexibility index (Phi) is 2.00. The molecule has 1 aromatic heterocycles. The summed E-state index contributed by atoms with van der Waals surface area (Å²) in [6, 6.07) is 9.27. The van der Waals surface area contributed by atoms with Gasteiger partial charge in [-0.15, -0.1) is 0 Å². The van der Waals surface area contributed by atoms with Gasteiger partial charge in [0.15, 0.2) is 0 Å². The normalized spacial score (nSPS) is 10.6. The highest BCUT2D eigenvalue weighted by Crippen LogP contribution is 2.15. The molecule has 0 aliphatic carbocycles. The summed E-state index contributed by atoms with van der Waals surface area (Å²) in [4.78, 5) is 11.5. The first kappa shape index (κ1) is 8.81. The minimum atomic E-state index is -0.152. The number of nitrogens with zero attached hydrogens (tertiary/aromatic N) is 1. The Balaban J connectivity index is 2.97. The Morgan fingerprint density at radius 2 is 2.07 bits per heavy atom. The van der Waals surface area contributed by atoms with Crippen LogP contribution in [0.1, 0.15) is 12.5 Å². The maximum absolute atomic E-state index is 11.5. The molecule has 0 amide bonds. The van der Waals surface area contributed by atoms with Crippen LogP contribution >= 0.6 is 0 Å². The van der Waals surface area contributed by atoms with Gasteiger partial charge in [-0.1, -0.05) is 25.1 Å². The first-order valence-electron chi connectivity index (χ1n) is 4.62. The lowest BCUT2D eigenvalue weighted by Crippen LogP contribution is -2.27. The number of aryl methyl sites for hydroxylation is 1. The van der Waals surface area contributed by atoms with Crippen LogP contribution in [-0.2, 0) is 6.42 Å². The van der Waals surface area contributed by atoms with E-state index in [0.29, 0.717) is 0 Å². The molecule has 0 atom stereocenters. The Hall–Kier alpha value is -1.77. The SMILES string of the molecule is CCc1cc(=O)n(N)c2ccccc12. The van der Waals surface area contributed by atoms with Gasteiger partial charge in [-0.3, -0.25) is 4.79 Å². The lowest BCUT2D eigenvalue weighted by Gasteiger charge is -2.07. The van der Waals surface area contributed by atoms with Crippen LogP contribution in [0.25, 0.3) is 10.9 Å². The smallest absolute Gasteiger partial charge is 0.269 e. The maximum Gasteiger partial charge on any atom is 0.269 e. The molecule has 14 heavy (non-hydrogen) atoms. The number of rotatable bonds is 1. The Morgan fingerprint density at radius 1 is 1.36 bits per heavy atom. The number of nitrogens with two attached hydrogens (primary N) is 1. The van der Waals surface area contributed by atoms with E-state index in [1.807, 2.05) is 31.2 Å². The Morgan fingerprint density at radius 3 is 2.79 bits per heavy atom. The molecule has 0 aliphatic rings. The van der Waals surface area contributed by atoms with Crippen molar-refractivity contribution in [1.29, 1.82) is 0 Å². The number of hydrogen-bond acceptors (Lipinski definition) is 2. The molecule has 0 saturated carbocycles. The molecule has 3 nitrogen and oxygen atoms in total. The van der Waals surface area contributed by atoms with Gasteiger partial charge in [-0.05, 0) is 18.1 Å². The average molecular weight is 188 g/mol. The van der Waals surface area contributed by atoms with Crippen molar-refractivity contribution in [1.82, 2.24) is 4.68 Å². The van der Waals surface area contributed by atoms with Crippen LogP contribution in [0, 0.1) is 0 Å². The lowest BCUT2D eigenvalue weighted by atomic mass is 10.1. The first-order valence-corrected chi connectivity index (χ1v) is 4.62. The molecule has 2 aromatic rings. The summed E-state index contributed by atoms with van der Waals surface area (Å²) in [7, 11) is 0. The van der Waals surface area contributed by atoms with Gasteiger partial charge in [0, 0.05) is 11.5 Å². The molecule has 72 valence electrons. The molecule has 1 heterocycles. The predicted octanol–water partition coefficient (Wildman–Crippen LogP) is 1.28. The van der Waals surface area contributed by atoms with Crippen molar-refractivity contribution in [2.24, 2.45) is 0 Å². The number of aromatic nitrogens is 1. The van der Waals surface area contributed by atoms with E-state index >= 15 is 0 Å². The van der Waals surface area contributed by atoms with Gasteiger partial charge in [0.2, 0.25) is 0 Å². The molecule has 0 unspecified atom stereocenters. The lowest BCUT2D eigenvalue weighted by molar-refractivity contribution is 0.973. The summed E-state index contributed by atoms with van der Waals surface area (Å²) in [5.74, 6) is 5.65. The van der Waals surface area contributed by atoms with Gasteiger partial charge in [0.25, 0.3) is 5.56 Å². The van der Waals surface area contributed by atoms with Gasteiger partial charge < -0.3 is 5.84 Å². The summed E-state index contributed by atoms with van der Waals surface area (Å²) in [5.41, 5.74) is 1.68. The van der Waals surface area contributed by atoms with Crippen LogP contribution in [-0.4, -0.2) is 4.68 Å². The van der Waals surface area contributed by atoms with Crippen LogP contribution in [0.5, 0.6) is 0 Å². The van der Waals surface area contributed by atoms with Crippen molar-refractivity contribution in [3.8, 4) is 0 Å². The molecule has 1 aromatic carbocycles. The second kappa shape index (κ2) is 3.18. The van der Waals surface area contributed by atoms with Crippen molar-refractivity contribution >= 4 is 10.9 Å². The zero-order valence-corrected chi connectivity index (χ0v) is 8.03. The summed E-state index contributed by atoms with van der Waals surface area (Å²) in [6.45, 7) is 2.03. The van der Waals surface area contributed by atoms with Crippen molar-refractivity contribution in [2.75, 3.05) is 5.84 Å². The minimum absolute atomic E-state index is 0.152. The number of hydrogen-bond donors (Lipinski definition) is 1. The standard InChI is InChI=1S/C11H12N2O/c1-2-8-7-11(14)13(12)10-6-4-3-5-9(8)10/h3-7H,2,12H2,1H3. The largest absolute Gasteiger partial charge is 0.336 e. The van der Waals surface area contributed by atoms with Gasteiger partial charge in [0.1, 0.15) is 0 Å². The van der Waals surface area contributed by atoms with Crippen LogP contribution in [0.3, 0.4) is 0 Å². The van der Waals surface area contributed by atoms with E-state index < -0.39 is 0 Å². The summed E-state index contributed by atoms with van der Waals surface area (Å²) in [6.07, 6.45) is 0.844. The van der Waals surface area contributed by atoms with E-state index in [0.717, 1.165) is 22.9 Å². The van der Waals surface area contributed by atoms with Crippen LogP contribution in [0.4, 0.5) is 0 Å². The molecule has 0 aliphatic heterocycles. The molecule has 2 N–H and O–H groups in total. The number of para-hydroxylation sites is 1.